The highest BCUT2D eigenvalue weighted by molar-refractivity contribution is 5.84. The first kappa shape index (κ1) is 24.0. The lowest BCUT2D eigenvalue weighted by atomic mass is 9.98. The molecule has 4 rings (SSSR count). The minimum atomic E-state index is -1.10. The van der Waals surface area contributed by atoms with E-state index < -0.39 is 30.1 Å². The van der Waals surface area contributed by atoms with E-state index in [-0.39, 0.29) is 25.4 Å². The average Bonchev–Trinajstić information content (AvgIpc) is 3.19. The van der Waals surface area contributed by atoms with Gasteiger partial charge in [0.25, 0.3) is 0 Å². The van der Waals surface area contributed by atoms with Crippen LogP contribution in [0.4, 0.5) is 4.79 Å². The van der Waals surface area contributed by atoms with Crippen LogP contribution in [-0.4, -0.2) is 35.7 Å². The molecule has 7 nitrogen and oxygen atoms in total. The summed E-state index contributed by atoms with van der Waals surface area (Å²) in [6, 6.07) is 23.6. The number of nitrogens with one attached hydrogen (secondary N) is 2. The fourth-order valence-corrected chi connectivity index (χ4v) is 4.50. The molecule has 0 saturated heterocycles. The Morgan fingerprint density at radius 1 is 0.857 bits per heavy atom. The summed E-state index contributed by atoms with van der Waals surface area (Å²) in [5, 5.41) is 14.5. The summed E-state index contributed by atoms with van der Waals surface area (Å²) in [6.45, 7) is 1.84. The second-order valence-electron chi connectivity index (χ2n) is 8.50. The number of fused-ring (bicyclic) bond motifs is 3. The molecule has 3 aromatic carbocycles. The third kappa shape index (κ3) is 5.51. The maximum absolute atomic E-state index is 12.8. The van der Waals surface area contributed by atoms with Gasteiger partial charge in [-0.1, -0.05) is 85.8 Å². The number of alkyl carbamates (subject to hydrolysis) is 1. The average molecular weight is 473 g/mol. The molecule has 0 saturated carbocycles. The van der Waals surface area contributed by atoms with Crippen LogP contribution in [-0.2, 0) is 14.3 Å². The summed E-state index contributed by atoms with van der Waals surface area (Å²) < 4.78 is 5.64. The lowest BCUT2D eigenvalue weighted by molar-refractivity contribution is -0.142. The predicted octanol–water partition coefficient (Wildman–Crippen LogP) is 4.64. The summed E-state index contributed by atoms with van der Waals surface area (Å²) in [4.78, 5) is 36.7. The minimum Gasteiger partial charge on any atom is -0.480 e. The Balaban J connectivity index is 1.44. The Hall–Kier alpha value is -4.13. The van der Waals surface area contributed by atoms with E-state index in [0.29, 0.717) is 0 Å². The van der Waals surface area contributed by atoms with Crippen molar-refractivity contribution in [2.24, 2.45) is 0 Å². The normalized spacial score (nSPS) is 13.7. The molecule has 2 atom stereocenters. The quantitative estimate of drug-likeness (QED) is 0.421. The standard InChI is InChI=1S/C28H28N2O5/c1-2-24(27(32)33)29-26(31)16-25(18-10-4-3-5-11-18)30-28(34)35-17-23-21-14-8-6-12-19(21)20-13-7-9-15-22(20)23/h3-15,23-25H,2,16-17H2,1H3,(H,29,31)(H,30,34)(H,32,33). The first-order chi connectivity index (χ1) is 17.0. The third-order valence-corrected chi connectivity index (χ3v) is 6.27. The van der Waals surface area contributed by atoms with Gasteiger partial charge in [-0.2, -0.15) is 0 Å². The second-order valence-corrected chi connectivity index (χ2v) is 8.50. The highest BCUT2D eigenvalue weighted by Crippen LogP contribution is 2.44. The van der Waals surface area contributed by atoms with Crippen molar-refractivity contribution < 1.29 is 24.2 Å². The van der Waals surface area contributed by atoms with Gasteiger partial charge in [-0.05, 0) is 34.2 Å². The molecular formula is C28H28N2O5. The van der Waals surface area contributed by atoms with E-state index in [1.54, 1.807) is 19.1 Å². The zero-order chi connectivity index (χ0) is 24.8. The summed E-state index contributed by atoms with van der Waals surface area (Å²) in [5.74, 6) is -1.64. The molecule has 1 aliphatic rings. The topological polar surface area (TPSA) is 105 Å². The number of carboxylic acid groups (broad SMARTS) is 1. The van der Waals surface area contributed by atoms with Crippen molar-refractivity contribution in [1.82, 2.24) is 10.6 Å². The zero-order valence-electron chi connectivity index (χ0n) is 19.4. The van der Waals surface area contributed by atoms with Crippen molar-refractivity contribution in [1.29, 1.82) is 0 Å². The number of carbonyl (C=O) groups is 3. The molecule has 3 aromatic rings. The third-order valence-electron chi connectivity index (χ3n) is 6.27. The molecule has 2 unspecified atom stereocenters. The summed E-state index contributed by atoms with van der Waals surface area (Å²) in [5.41, 5.74) is 5.22. The molecule has 35 heavy (non-hydrogen) atoms. The molecule has 0 bridgehead atoms. The molecule has 0 fully saturated rings. The Morgan fingerprint density at radius 2 is 1.43 bits per heavy atom. The van der Waals surface area contributed by atoms with Gasteiger partial charge >= 0.3 is 12.1 Å². The van der Waals surface area contributed by atoms with Gasteiger partial charge in [0.1, 0.15) is 12.6 Å². The molecule has 3 N–H and O–H groups in total. The van der Waals surface area contributed by atoms with Gasteiger partial charge in [-0.25, -0.2) is 9.59 Å². The number of benzene rings is 3. The molecule has 0 spiro atoms. The number of hydrogen-bond donors (Lipinski definition) is 3. The van der Waals surface area contributed by atoms with Gasteiger partial charge in [0.05, 0.1) is 12.5 Å². The van der Waals surface area contributed by atoms with Crippen LogP contribution in [0, 0.1) is 0 Å². The molecular weight excluding hydrogens is 444 g/mol. The lowest BCUT2D eigenvalue weighted by Gasteiger charge is -2.21. The van der Waals surface area contributed by atoms with Crippen LogP contribution in [0.3, 0.4) is 0 Å². The first-order valence-corrected chi connectivity index (χ1v) is 11.7. The van der Waals surface area contributed by atoms with Crippen LogP contribution in [0.2, 0.25) is 0 Å². The van der Waals surface area contributed by atoms with Crippen LogP contribution in [0.25, 0.3) is 11.1 Å². The maximum atomic E-state index is 12.8. The van der Waals surface area contributed by atoms with Gasteiger partial charge in [0.15, 0.2) is 0 Å². The SMILES string of the molecule is CCC(NC(=O)CC(NC(=O)OCC1c2ccccc2-c2ccccc21)c1ccccc1)C(=O)O. The molecule has 0 aromatic heterocycles. The van der Waals surface area contributed by atoms with Gasteiger partial charge in [-0.3, -0.25) is 4.79 Å². The maximum Gasteiger partial charge on any atom is 0.407 e. The van der Waals surface area contributed by atoms with Gasteiger partial charge in [0, 0.05) is 5.92 Å². The molecule has 7 heteroatoms. The minimum absolute atomic E-state index is 0.0764. The number of hydrogen-bond acceptors (Lipinski definition) is 4. The lowest BCUT2D eigenvalue weighted by Crippen LogP contribution is -2.42. The van der Waals surface area contributed by atoms with Gasteiger partial charge < -0.3 is 20.5 Å². The number of aliphatic carboxylic acids is 1. The number of carbonyl (C=O) groups excluding carboxylic acids is 2. The largest absolute Gasteiger partial charge is 0.480 e. The molecule has 0 aliphatic heterocycles. The highest BCUT2D eigenvalue weighted by Gasteiger charge is 2.29. The first-order valence-electron chi connectivity index (χ1n) is 11.7. The zero-order valence-corrected chi connectivity index (χ0v) is 19.4. The van der Waals surface area contributed by atoms with E-state index in [0.717, 1.165) is 27.8 Å². The Labute approximate surface area is 204 Å². The predicted molar refractivity (Wildman–Crippen MR) is 132 cm³/mol. The Bertz CT molecular complexity index is 1170. The van der Waals surface area contributed by atoms with Crippen molar-refractivity contribution in [2.45, 2.75) is 37.8 Å². The van der Waals surface area contributed by atoms with Crippen LogP contribution in [0.5, 0.6) is 0 Å². The second kappa shape index (κ2) is 10.9. The number of ether oxygens (including phenoxy) is 1. The Morgan fingerprint density at radius 3 is 2.00 bits per heavy atom. The van der Waals surface area contributed by atoms with Gasteiger partial charge in [-0.15, -0.1) is 0 Å². The van der Waals surface area contributed by atoms with Crippen molar-refractivity contribution in [3.05, 3.63) is 95.6 Å². The van der Waals surface area contributed by atoms with E-state index in [9.17, 15) is 19.5 Å². The van der Waals surface area contributed by atoms with E-state index in [4.69, 9.17) is 4.74 Å². The number of rotatable bonds is 9. The molecule has 2 amide bonds. The molecule has 0 radical (unpaired) electrons. The van der Waals surface area contributed by atoms with Crippen LogP contribution in [0.1, 0.15) is 48.4 Å². The fourth-order valence-electron chi connectivity index (χ4n) is 4.50. The van der Waals surface area contributed by atoms with Crippen LogP contribution >= 0.6 is 0 Å². The fraction of sp³-hybridized carbons (Fsp3) is 0.250. The molecule has 1 aliphatic carbocycles. The van der Waals surface area contributed by atoms with Crippen molar-refractivity contribution in [2.75, 3.05) is 6.61 Å². The Kier molecular flexibility index (Phi) is 7.45. The van der Waals surface area contributed by atoms with Crippen molar-refractivity contribution in [3.8, 4) is 11.1 Å². The van der Waals surface area contributed by atoms with E-state index in [1.807, 2.05) is 54.6 Å². The molecule has 0 heterocycles. The van der Waals surface area contributed by atoms with Crippen molar-refractivity contribution >= 4 is 18.0 Å². The summed E-state index contributed by atoms with van der Waals surface area (Å²) >= 11 is 0. The van der Waals surface area contributed by atoms with Crippen LogP contribution in [0.15, 0.2) is 78.9 Å². The summed E-state index contributed by atoms with van der Waals surface area (Å²) in [7, 11) is 0. The number of carboxylic acids is 1. The van der Waals surface area contributed by atoms with Gasteiger partial charge in [0.2, 0.25) is 5.91 Å². The van der Waals surface area contributed by atoms with E-state index in [1.165, 1.54) is 0 Å². The number of amides is 2. The van der Waals surface area contributed by atoms with E-state index >= 15 is 0 Å². The van der Waals surface area contributed by atoms with Crippen molar-refractivity contribution in [3.63, 3.8) is 0 Å². The monoisotopic (exact) mass is 472 g/mol. The highest BCUT2D eigenvalue weighted by atomic mass is 16.5. The van der Waals surface area contributed by atoms with E-state index in [2.05, 4.69) is 22.8 Å². The summed E-state index contributed by atoms with van der Waals surface area (Å²) in [6.07, 6.45) is -0.492. The smallest absolute Gasteiger partial charge is 0.407 e. The van der Waals surface area contributed by atoms with Crippen LogP contribution < -0.4 is 10.6 Å². The molecule has 180 valence electrons.